The van der Waals surface area contributed by atoms with Gasteiger partial charge in [0, 0.05) is 25.4 Å². The first-order valence-corrected chi connectivity index (χ1v) is 8.34. The molecule has 0 spiro atoms. The quantitative estimate of drug-likeness (QED) is 0.913. The van der Waals surface area contributed by atoms with Crippen LogP contribution in [-0.4, -0.2) is 39.4 Å². The molecule has 0 radical (unpaired) electrons. The summed E-state index contributed by atoms with van der Waals surface area (Å²) < 4.78 is 13.5. The molecule has 0 aliphatic carbocycles. The average Bonchev–Trinajstić information content (AvgIpc) is 3.03. The average molecular weight is 328 g/mol. The number of nitrogens with zero attached hydrogens (tertiary/aromatic N) is 3. The number of hydrogen-bond acceptors (Lipinski definition) is 5. The predicted molar refractivity (Wildman–Crippen MR) is 86.0 cm³/mol. The highest BCUT2D eigenvalue weighted by Crippen LogP contribution is 2.31. The second-order valence-corrected chi connectivity index (χ2v) is 6.11. The number of aryl methyl sites for hydroxylation is 2. The lowest BCUT2D eigenvalue weighted by Gasteiger charge is -2.29. The minimum atomic E-state index is -0.618. The van der Waals surface area contributed by atoms with E-state index < -0.39 is 6.10 Å². The highest BCUT2D eigenvalue weighted by atomic mass is 16.6. The molecule has 7 heteroatoms. The summed E-state index contributed by atoms with van der Waals surface area (Å²) in [6.45, 7) is 3.00. The number of carbonyl (C=O) groups is 1. The molecule has 2 aliphatic rings. The van der Waals surface area contributed by atoms with Gasteiger partial charge in [-0.3, -0.25) is 4.79 Å². The van der Waals surface area contributed by atoms with Crippen LogP contribution in [0.15, 0.2) is 24.3 Å². The number of fused-ring (bicyclic) bond motifs is 2. The molecule has 1 aromatic heterocycles. The first-order chi connectivity index (χ1) is 11.7. The molecule has 24 heavy (non-hydrogen) atoms. The van der Waals surface area contributed by atoms with Crippen LogP contribution in [0.25, 0.3) is 0 Å². The van der Waals surface area contributed by atoms with Crippen molar-refractivity contribution in [1.29, 1.82) is 0 Å². The maximum atomic E-state index is 12.5. The summed E-state index contributed by atoms with van der Waals surface area (Å²) in [5.74, 6) is 3.13. The van der Waals surface area contributed by atoms with Crippen LogP contribution in [-0.2, 0) is 24.2 Å². The number of carbonyl (C=O) groups excluding carboxylic acids is 1. The van der Waals surface area contributed by atoms with Crippen molar-refractivity contribution < 1.29 is 14.3 Å². The van der Waals surface area contributed by atoms with Crippen molar-refractivity contribution in [3.8, 4) is 11.5 Å². The SMILES string of the molecule is CCc1nnc2n1C[C@@H](NC(=O)[C@H]1COc3ccccc3O1)CC2. The van der Waals surface area contributed by atoms with E-state index in [0.717, 1.165) is 30.9 Å². The Morgan fingerprint density at radius 3 is 3.00 bits per heavy atom. The Balaban J connectivity index is 1.41. The van der Waals surface area contributed by atoms with Gasteiger partial charge in [0.05, 0.1) is 0 Å². The molecule has 2 aliphatic heterocycles. The number of hydrogen-bond donors (Lipinski definition) is 1. The van der Waals surface area contributed by atoms with Gasteiger partial charge in [-0.2, -0.15) is 0 Å². The van der Waals surface area contributed by atoms with Gasteiger partial charge in [-0.25, -0.2) is 0 Å². The molecule has 7 nitrogen and oxygen atoms in total. The molecule has 0 bridgehead atoms. The number of amides is 1. The van der Waals surface area contributed by atoms with E-state index >= 15 is 0 Å². The van der Waals surface area contributed by atoms with Crippen LogP contribution in [0, 0.1) is 0 Å². The van der Waals surface area contributed by atoms with Gasteiger partial charge in [-0.05, 0) is 18.6 Å². The fourth-order valence-corrected chi connectivity index (χ4v) is 3.21. The van der Waals surface area contributed by atoms with Crippen molar-refractivity contribution >= 4 is 5.91 Å². The molecule has 2 aromatic rings. The Kier molecular flexibility index (Phi) is 3.84. The molecule has 126 valence electrons. The minimum absolute atomic E-state index is 0.0621. The topological polar surface area (TPSA) is 78.3 Å². The molecule has 1 amide bonds. The van der Waals surface area contributed by atoms with Crippen LogP contribution >= 0.6 is 0 Å². The Hall–Kier alpha value is -2.57. The first kappa shape index (κ1) is 15.0. The number of nitrogens with one attached hydrogen (secondary N) is 1. The summed E-state index contributed by atoms with van der Waals surface area (Å²) in [5.41, 5.74) is 0. The van der Waals surface area contributed by atoms with Gasteiger partial charge in [0.2, 0.25) is 6.10 Å². The smallest absolute Gasteiger partial charge is 0.264 e. The lowest BCUT2D eigenvalue weighted by Crippen LogP contribution is -2.50. The molecule has 0 saturated heterocycles. The lowest BCUT2D eigenvalue weighted by molar-refractivity contribution is -0.131. The van der Waals surface area contributed by atoms with Crippen molar-refractivity contribution in [2.75, 3.05) is 6.61 Å². The summed E-state index contributed by atoms with van der Waals surface area (Å²) in [5, 5.41) is 11.5. The molecule has 1 N–H and O–H groups in total. The zero-order valence-corrected chi connectivity index (χ0v) is 13.6. The zero-order chi connectivity index (χ0) is 16.5. The molecular formula is C17H20N4O3. The summed E-state index contributed by atoms with van der Waals surface area (Å²) in [7, 11) is 0. The van der Waals surface area contributed by atoms with E-state index in [1.54, 1.807) is 0 Å². The van der Waals surface area contributed by atoms with Crippen LogP contribution in [0.4, 0.5) is 0 Å². The van der Waals surface area contributed by atoms with E-state index in [1.165, 1.54) is 0 Å². The van der Waals surface area contributed by atoms with Gasteiger partial charge in [-0.15, -0.1) is 10.2 Å². The monoisotopic (exact) mass is 328 g/mol. The molecule has 0 fully saturated rings. The fraction of sp³-hybridized carbons (Fsp3) is 0.471. The second-order valence-electron chi connectivity index (χ2n) is 6.11. The number of benzene rings is 1. The van der Waals surface area contributed by atoms with Crippen molar-refractivity contribution in [3.63, 3.8) is 0 Å². The Bertz CT molecular complexity index is 745. The van der Waals surface area contributed by atoms with E-state index in [1.807, 2.05) is 24.3 Å². The van der Waals surface area contributed by atoms with Gasteiger partial charge >= 0.3 is 0 Å². The third-order valence-corrected chi connectivity index (χ3v) is 4.49. The number of rotatable bonds is 3. The highest BCUT2D eigenvalue weighted by molar-refractivity contribution is 5.82. The standard InChI is InChI=1S/C17H20N4O3/c1-2-15-19-20-16-8-7-11(9-21(15)16)18-17(22)14-10-23-12-5-3-4-6-13(12)24-14/h3-6,11,14H,2,7-10H2,1H3,(H,18,22)/t11-,14+/m0/s1. The summed E-state index contributed by atoms with van der Waals surface area (Å²) in [6, 6.07) is 7.46. The maximum Gasteiger partial charge on any atom is 0.264 e. The number of para-hydroxylation sites is 2. The molecule has 1 aromatic carbocycles. The minimum Gasteiger partial charge on any atom is -0.485 e. The lowest BCUT2D eigenvalue weighted by atomic mass is 10.1. The van der Waals surface area contributed by atoms with Crippen molar-refractivity contribution in [1.82, 2.24) is 20.1 Å². The summed E-state index contributed by atoms with van der Waals surface area (Å²) in [6.07, 6.45) is 1.90. The first-order valence-electron chi connectivity index (χ1n) is 8.34. The van der Waals surface area contributed by atoms with Crippen LogP contribution in [0.3, 0.4) is 0 Å². The molecule has 0 unspecified atom stereocenters. The van der Waals surface area contributed by atoms with Crippen LogP contribution in [0.5, 0.6) is 11.5 Å². The van der Waals surface area contributed by atoms with E-state index in [-0.39, 0.29) is 18.6 Å². The molecule has 2 atom stereocenters. The van der Waals surface area contributed by atoms with E-state index in [4.69, 9.17) is 9.47 Å². The molecular weight excluding hydrogens is 308 g/mol. The van der Waals surface area contributed by atoms with Gasteiger partial charge in [0.15, 0.2) is 11.5 Å². The van der Waals surface area contributed by atoms with Crippen LogP contribution in [0.1, 0.15) is 25.0 Å². The van der Waals surface area contributed by atoms with E-state index in [0.29, 0.717) is 18.0 Å². The number of aromatic nitrogens is 3. The largest absolute Gasteiger partial charge is 0.485 e. The predicted octanol–water partition coefficient (Wildman–Crippen LogP) is 1.11. The maximum absolute atomic E-state index is 12.5. The summed E-state index contributed by atoms with van der Waals surface area (Å²) in [4.78, 5) is 12.5. The fourth-order valence-electron chi connectivity index (χ4n) is 3.21. The molecule has 0 saturated carbocycles. The Labute approximate surface area is 140 Å². The third kappa shape index (κ3) is 2.70. The van der Waals surface area contributed by atoms with Crippen LogP contribution < -0.4 is 14.8 Å². The van der Waals surface area contributed by atoms with E-state index in [2.05, 4.69) is 27.0 Å². The molecule has 4 rings (SSSR count). The number of ether oxygens (including phenoxy) is 2. The van der Waals surface area contributed by atoms with Gasteiger partial charge in [0.1, 0.15) is 18.3 Å². The molecule has 3 heterocycles. The highest BCUT2D eigenvalue weighted by Gasteiger charge is 2.30. The summed E-state index contributed by atoms with van der Waals surface area (Å²) >= 11 is 0. The zero-order valence-electron chi connectivity index (χ0n) is 13.6. The van der Waals surface area contributed by atoms with E-state index in [9.17, 15) is 4.79 Å². The third-order valence-electron chi connectivity index (χ3n) is 4.49. The van der Waals surface area contributed by atoms with Crippen molar-refractivity contribution in [2.24, 2.45) is 0 Å². The Morgan fingerprint density at radius 1 is 1.33 bits per heavy atom. The normalized spacial score (nSPS) is 21.9. The van der Waals surface area contributed by atoms with Gasteiger partial charge in [-0.1, -0.05) is 19.1 Å². The second kappa shape index (κ2) is 6.14. The Morgan fingerprint density at radius 2 is 2.17 bits per heavy atom. The van der Waals surface area contributed by atoms with Crippen molar-refractivity contribution in [2.45, 2.75) is 44.9 Å². The van der Waals surface area contributed by atoms with Crippen LogP contribution in [0.2, 0.25) is 0 Å². The van der Waals surface area contributed by atoms with Gasteiger partial charge in [0.25, 0.3) is 5.91 Å². The van der Waals surface area contributed by atoms with Gasteiger partial charge < -0.3 is 19.4 Å². The van der Waals surface area contributed by atoms with Crippen molar-refractivity contribution in [3.05, 3.63) is 35.9 Å².